The van der Waals surface area contributed by atoms with Gasteiger partial charge in [-0.25, -0.2) is 4.98 Å². The summed E-state index contributed by atoms with van der Waals surface area (Å²) in [6.07, 6.45) is 3.51. The lowest BCUT2D eigenvalue weighted by molar-refractivity contribution is -0.116. The molecule has 4 rings (SSSR count). The van der Waals surface area contributed by atoms with Crippen molar-refractivity contribution in [3.05, 3.63) is 114 Å². The summed E-state index contributed by atoms with van der Waals surface area (Å²) in [5.41, 5.74) is 5.38. The molecule has 0 fully saturated rings. The quantitative estimate of drug-likeness (QED) is 0.354. The number of nitrogens with one attached hydrogen (secondary N) is 1. The molecule has 3 aromatic carbocycles. The van der Waals surface area contributed by atoms with Crippen LogP contribution in [-0.4, -0.2) is 39.4 Å². The number of amides is 2. The summed E-state index contributed by atoms with van der Waals surface area (Å²) >= 11 is 0. The van der Waals surface area contributed by atoms with E-state index in [9.17, 15) is 9.59 Å². The summed E-state index contributed by atoms with van der Waals surface area (Å²) < 4.78 is 1.85. The standard InChI is InChI=1S/C29H28N4O2/c1-4-18-32(28(35)24-8-6-5-7-9-24)20-27(34)31-29-30-26(23-14-10-21(2)11-15-23)19-33(29)25-16-12-22(3)13-17-25/h4-17,19H,1,18,20H2,2-3H3,(H,30,31,34). The molecule has 6 heteroatoms. The maximum absolute atomic E-state index is 13.1. The van der Waals surface area contributed by atoms with Gasteiger partial charge in [0.05, 0.1) is 5.69 Å². The minimum absolute atomic E-state index is 0.125. The summed E-state index contributed by atoms with van der Waals surface area (Å²) in [5, 5.41) is 2.91. The Hall–Kier alpha value is -4.45. The van der Waals surface area contributed by atoms with Crippen molar-refractivity contribution in [1.29, 1.82) is 0 Å². The number of aromatic nitrogens is 2. The Morgan fingerprint density at radius 2 is 1.57 bits per heavy atom. The van der Waals surface area contributed by atoms with Gasteiger partial charge in [-0.15, -0.1) is 6.58 Å². The molecule has 4 aromatic rings. The van der Waals surface area contributed by atoms with Crippen LogP contribution in [0.25, 0.3) is 16.9 Å². The minimum Gasteiger partial charge on any atom is -0.326 e. The van der Waals surface area contributed by atoms with E-state index in [1.54, 1.807) is 30.3 Å². The number of carbonyl (C=O) groups excluding carboxylic acids is 2. The summed E-state index contributed by atoms with van der Waals surface area (Å²) in [5.74, 6) is -0.187. The zero-order valence-electron chi connectivity index (χ0n) is 19.9. The highest BCUT2D eigenvalue weighted by molar-refractivity contribution is 5.99. The number of anilines is 1. The number of rotatable bonds is 8. The van der Waals surface area contributed by atoms with Crippen LogP contribution in [0.15, 0.2) is 97.7 Å². The van der Waals surface area contributed by atoms with Crippen molar-refractivity contribution in [2.45, 2.75) is 13.8 Å². The summed E-state index contributed by atoms with van der Waals surface area (Å²) in [6.45, 7) is 7.91. The van der Waals surface area contributed by atoms with E-state index < -0.39 is 0 Å². The van der Waals surface area contributed by atoms with E-state index >= 15 is 0 Å². The molecule has 0 spiro atoms. The van der Waals surface area contributed by atoms with Gasteiger partial charge in [0.2, 0.25) is 11.9 Å². The van der Waals surface area contributed by atoms with E-state index in [1.165, 1.54) is 4.90 Å². The van der Waals surface area contributed by atoms with Crippen molar-refractivity contribution < 1.29 is 9.59 Å². The predicted octanol–water partition coefficient (Wildman–Crippen LogP) is 5.42. The smallest absolute Gasteiger partial charge is 0.254 e. The van der Waals surface area contributed by atoms with E-state index in [0.29, 0.717) is 11.5 Å². The first-order valence-corrected chi connectivity index (χ1v) is 11.4. The first-order chi connectivity index (χ1) is 16.9. The van der Waals surface area contributed by atoms with Crippen LogP contribution in [-0.2, 0) is 4.79 Å². The second-order valence-corrected chi connectivity index (χ2v) is 8.41. The van der Waals surface area contributed by atoms with Crippen LogP contribution in [0.5, 0.6) is 0 Å². The highest BCUT2D eigenvalue weighted by Gasteiger charge is 2.20. The van der Waals surface area contributed by atoms with Crippen molar-refractivity contribution in [3.63, 3.8) is 0 Å². The van der Waals surface area contributed by atoms with Gasteiger partial charge in [0.1, 0.15) is 6.54 Å². The fourth-order valence-electron chi connectivity index (χ4n) is 3.71. The largest absolute Gasteiger partial charge is 0.326 e. The van der Waals surface area contributed by atoms with Crippen molar-refractivity contribution in [3.8, 4) is 16.9 Å². The van der Waals surface area contributed by atoms with Gasteiger partial charge in [0.25, 0.3) is 5.91 Å². The molecule has 0 radical (unpaired) electrons. The van der Waals surface area contributed by atoms with Gasteiger partial charge < -0.3 is 4.90 Å². The number of nitrogens with zero attached hydrogens (tertiary/aromatic N) is 3. The number of hydrogen-bond donors (Lipinski definition) is 1. The second kappa shape index (κ2) is 10.7. The highest BCUT2D eigenvalue weighted by Crippen LogP contribution is 2.25. The fraction of sp³-hybridized carbons (Fsp3) is 0.138. The molecule has 1 heterocycles. The lowest BCUT2D eigenvalue weighted by atomic mass is 10.1. The first-order valence-electron chi connectivity index (χ1n) is 11.4. The van der Waals surface area contributed by atoms with E-state index in [1.807, 2.05) is 79.2 Å². The molecule has 176 valence electrons. The molecule has 1 N–H and O–H groups in total. The van der Waals surface area contributed by atoms with Crippen LogP contribution in [0.4, 0.5) is 5.95 Å². The fourth-order valence-corrected chi connectivity index (χ4v) is 3.71. The van der Waals surface area contributed by atoms with Crippen molar-refractivity contribution in [2.24, 2.45) is 0 Å². The van der Waals surface area contributed by atoms with Crippen LogP contribution < -0.4 is 5.32 Å². The molecule has 0 aliphatic heterocycles. The predicted molar refractivity (Wildman–Crippen MR) is 140 cm³/mol. The molecule has 0 unspecified atom stereocenters. The molecule has 0 atom stereocenters. The Labute approximate surface area is 205 Å². The highest BCUT2D eigenvalue weighted by atomic mass is 16.2. The Balaban J connectivity index is 1.61. The molecule has 0 aliphatic rings. The maximum atomic E-state index is 13.1. The van der Waals surface area contributed by atoms with Crippen molar-refractivity contribution in [2.75, 3.05) is 18.4 Å². The molecular formula is C29H28N4O2. The van der Waals surface area contributed by atoms with Crippen LogP contribution in [0, 0.1) is 13.8 Å². The van der Waals surface area contributed by atoms with Crippen LogP contribution >= 0.6 is 0 Å². The lowest BCUT2D eigenvalue weighted by Gasteiger charge is -2.20. The second-order valence-electron chi connectivity index (χ2n) is 8.41. The Bertz CT molecular complexity index is 1320. The summed E-state index contributed by atoms with van der Waals surface area (Å²) in [7, 11) is 0. The van der Waals surface area contributed by atoms with Gasteiger partial charge in [-0.2, -0.15) is 0 Å². The van der Waals surface area contributed by atoms with Gasteiger partial charge in [-0.1, -0.05) is 71.8 Å². The number of benzene rings is 3. The van der Waals surface area contributed by atoms with Gasteiger partial charge in [0, 0.05) is 29.6 Å². The van der Waals surface area contributed by atoms with Gasteiger partial charge >= 0.3 is 0 Å². The van der Waals surface area contributed by atoms with E-state index in [-0.39, 0.29) is 24.9 Å². The maximum Gasteiger partial charge on any atom is 0.254 e. The minimum atomic E-state index is -0.342. The average molecular weight is 465 g/mol. The van der Waals surface area contributed by atoms with Crippen LogP contribution in [0.1, 0.15) is 21.5 Å². The molecule has 0 bridgehead atoms. The van der Waals surface area contributed by atoms with E-state index in [2.05, 4.69) is 11.9 Å². The third-order valence-corrected chi connectivity index (χ3v) is 5.61. The molecule has 2 amide bonds. The van der Waals surface area contributed by atoms with Gasteiger partial charge in [-0.05, 0) is 38.1 Å². The molecule has 0 saturated carbocycles. The van der Waals surface area contributed by atoms with Crippen LogP contribution in [0.3, 0.4) is 0 Å². The molecule has 1 aromatic heterocycles. The SMILES string of the molecule is C=CCN(CC(=O)Nc1nc(-c2ccc(C)cc2)cn1-c1ccc(C)cc1)C(=O)c1ccccc1. The number of imidazole rings is 1. The van der Waals surface area contributed by atoms with E-state index in [4.69, 9.17) is 4.98 Å². The monoisotopic (exact) mass is 464 g/mol. The number of aryl methyl sites for hydroxylation is 2. The Morgan fingerprint density at radius 1 is 0.943 bits per heavy atom. The van der Waals surface area contributed by atoms with Crippen LogP contribution in [0.2, 0.25) is 0 Å². The Kier molecular flexibility index (Phi) is 7.21. The zero-order chi connectivity index (χ0) is 24.8. The third-order valence-electron chi connectivity index (χ3n) is 5.61. The normalized spacial score (nSPS) is 10.6. The molecular weight excluding hydrogens is 436 g/mol. The molecule has 0 aliphatic carbocycles. The number of carbonyl (C=O) groups is 2. The van der Waals surface area contributed by atoms with Crippen molar-refractivity contribution in [1.82, 2.24) is 14.5 Å². The average Bonchev–Trinajstić information content (AvgIpc) is 3.28. The molecule has 6 nitrogen and oxygen atoms in total. The van der Waals surface area contributed by atoms with E-state index in [0.717, 1.165) is 28.1 Å². The van der Waals surface area contributed by atoms with Gasteiger partial charge in [-0.3, -0.25) is 19.5 Å². The van der Waals surface area contributed by atoms with Crippen molar-refractivity contribution >= 4 is 17.8 Å². The first kappa shape index (κ1) is 23.7. The molecule has 0 saturated heterocycles. The zero-order valence-corrected chi connectivity index (χ0v) is 19.9. The number of hydrogen-bond acceptors (Lipinski definition) is 3. The van der Waals surface area contributed by atoms with Gasteiger partial charge in [0.15, 0.2) is 0 Å². The topological polar surface area (TPSA) is 67.2 Å². The summed E-state index contributed by atoms with van der Waals surface area (Å²) in [4.78, 5) is 32.2. The Morgan fingerprint density at radius 3 is 2.20 bits per heavy atom. The lowest BCUT2D eigenvalue weighted by Crippen LogP contribution is -2.38. The third kappa shape index (κ3) is 5.73. The summed E-state index contributed by atoms with van der Waals surface area (Å²) in [6, 6.07) is 25.0. The molecule has 35 heavy (non-hydrogen) atoms.